The molecule has 1 fully saturated rings. The van der Waals surface area contributed by atoms with Crippen LogP contribution in [0.4, 0.5) is 4.79 Å². The van der Waals surface area contributed by atoms with Gasteiger partial charge in [0.2, 0.25) is 0 Å². The third kappa shape index (κ3) is 4.43. The molecule has 1 aliphatic rings. The van der Waals surface area contributed by atoms with Gasteiger partial charge in [0.15, 0.2) is 0 Å². The van der Waals surface area contributed by atoms with Gasteiger partial charge in [-0.25, -0.2) is 4.79 Å². The Balaban J connectivity index is 1.83. The molecule has 1 heterocycles. The van der Waals surface area contributed by atoms with Crippen molar-refractivity contribution in [3.63, 3.8) is 0 Å². The Morgan fingerprint density at radius 3 is 2.36 bits per heavy atom. The first-order valence-electron chi connectivity index (χ1n) is 7.10. The summed E-state index contributed by atoms with van der Waals surface area (Å²) in [5, 5.41) is 0. The van der Waals surface area contributed by atoms with E-state index >= 15 is 0 Å². The molecule has 1 aromatic rings. The lowest BCUT2D eigenvalue weighted by Crippen LogP contribution is -2.49. The van der Waals surface area contributed by atoms with Crippen molar-refractivity contribution in [2.24, 2.45) is 0 Å². The number of amides is 1. The van der Waals surface area contributed by atoms with Crippen molar-refractivity contribution < 1.29 is 17.9 Å². The molecule has 7 nitrogen and oxygen atoms in total. The number of nitrogens with zero attached hydrogens (tertiary/aromatic N) is 2. The van der Waals surface area contributed by atoms with E-state index in [4.69, 9.17) is 4.74 Å². The van der Waals surface area contributed by atoms with Gasteiger partial charge in [0.25, 0.3) is 10.2 Å². The van der Waals surface area contributed by atoms with E-state index in [0.717, 1.165) is 4.31 Å². The van der Waals surface area contributed by atoms with Crippen LogP contribution in [-0.2, 0) is 10.2 Å². The second kappa shape index (κ2) is 7.08. The third-order valence-corrected chi connectivity index (χ3v) is 5.09. The second-order valence-corrected chi connectivity index (χ2v) is 7.26. The van der Waals surface area contributed by atoms with Crippen LogP contribution in [0, 0.1) is 0 Å². The molecule has 1 saturated heterocycles. The molecule has 0 bridgehead atoms. The molecule has 0 saturated carbocycles. The van der Waals surface area contributed by atoms with E-state index in [1.165, 1.54) is 14.1 Å². The quantitative estimate of drug-likeness (QED) is 0.896. The van der Waals surface area contributed by atoms with Gasteiger partial charge in [-0.2, -0.15) is 17.4 Å². The maximum atomic E-state index is 12.0. The zero-order valence-electron chi connectivity index (χ0n) is 12.7. The topological polar surface area (TPSA) is 79.0 Å². The highest BCUT2D eigenvalue weighted by molar-refractivity contribution is 7.87. The van der Waals surface area contributed by atoms with Gasteiger partial charge in [-0.1, -0.05) is 18.2 Å². The molecular formula is C14H21N3O4S. The van der Waals surface area contributed by atoms with Crippen LogP contribution >= 0.6 is 0 Å². The Kier molecular flexibility index (Phi) is 5.38. The molecule has 0 aliphatic carbocycles. The summed E-state index contributed by atoms with van der Waals surface area (Å²) < 4.78 is 32.6. The van der Waals surface area contributed by atoms with Gasteiger partial charge in [-0.15, -0.1) is 0 Å². The number of para-hydroxylation sites is 1. The molecule has 2 rings (SSSR count). The summed E-state index contributed by atoms with van der Waals surface area (Å²) in [4.78, 5) is 13.6. The maximum Gasteiger partial charge on any atom is 0.415 e. The van der Waals surface area contributed by atoms with E-state index in [1.807, 2.05) is 6.07 Å². The SMILES string of the molecule is CN(C)S(=O)(=O)NC1CCN(C(=O)Oc2ccccc2)CC1. The molecule has 0 aromatic heterocycles. The Bertz CT molecular complexity index is 596. The van der Waals surface area contributed by atoms with Crippen molar-refractivity contribution >= 4 is 16.3 Å². The van der Waals surface area contributed by atoms with Gasteiger partial charge in [0.05, 0.1) is 0 Å². The summed E-state index contributed by atoms with van der Waals surface area (Å²) >= 11 is 0. The van der Waals surface area contributed by atoms with E-state index in [0.29, 0.717) is 31.7 Å². The van der Waals surface area contributed by atoms with Gasteiger partial charge < -0.3 is 9.64 Å². The Morgan fingerprint density at radius 1 is 1.23 bits per heavy atom. The van der Waals surface area contributed by atoms with Crippen LogP contribution in [0.1, 0.15) is 12.8 Å². The van der Waals surface area contributed by atoms with Crippen LogP contribution in [-0.4, -0.2) is 56.9 Å². The Labute approximate surface area is 131 Å². The van der Waals surface area contributed by atoms with E-state index in [1.54, 1.807) is 29.2 Å². The predicted molar refractivity (Wildman–Crippen MR) is 82.8 cm³/mol. The van der Waals surface area contributed by atoms with Gasteiger partial charge in [-0.05, 0) is 25.0 Å². The fourth-order valence-electron chi connectivity index (χ4n) is 2.15. The number of likely N-dealkylation sites (tertiary alicyclic amines) is 1. The lowest BCUT2D eigenvalue weighted by molar-refractivity contribution is 0.137. The first-order valence-corrected chi connectivity index (χ1v) is 8.54. The van der Waals surface area contributed by atoms with Crippen molar-refractivity contribution in [1.29, 1.82) is 0 Å². The molecule has 22 heavy (non-hydrogen) atoms. The van der Waals surface area contributed by atoms with Gasteiger partial charge >= 0.3 is 6.09 Å². The summed E-state index contributed by atoms with van der Waals surface area (Å²) in [6.07, 6.45) is 0.730. The van der Waals surface area contributed by atoms with Crippen molar-refractivity contribution in [3.05, 3.63) is 30.3 Å². The van der Waals surface area contributed by atoms with E-state index in [-0.39, 0.29) is 6.04 Å². The highest BCUT2D eigenvalue weighted by Crippen LogP contribution is 2.15. The second-order valence-electron chi connectivity index (χ2n) is 5.35. The molecule has 0 radical (unpaired) electrons. The molecule has 0 unspecified atom stereocenters. The van der Waals surface area contributed by atoms with Crippen molar-refractivity contribution in [1.82, 2.24) is 13.9 Å². The maximum absolute atomic E-state index is 12.0. The average molecular weight is 327 g/mol. The number of rotatable bonds is 4. The molecule has 1 amide bonds. The molecule has 1 aliphatic heterocycles. The van der Waals surface area contributed by atoms with E-state index < -0.39 is 16.3 Å². The fourth-order valence-corrected chi connectivity index (χ4v) is 3.02. The monoisotopic (exact) mass is 327 g/mol. The largest absolute Gasteiger partial charge is 0.415 e. The number of carbonyl (C=O) groups excluding carboxylic acids is 1. The van der Waals surface area contributed by atoms with Crippen LogP contribution in [0.5, 0.6) is 5.75 Å². The first kappa shape index (κ1) is 16.7. The number of hydrogen-bond acceptors (Lipinski definition) is 4. The number of nitrogens with one attached hydrogen (secondary N) is 1. The normalized spacial score (nSPS) is 16.8. The minimum absolute atomic E-state index is 0.159. The third-order valence-electron chi connectivity index (χ3n) is 3.50. The zero-order chi connectivity index (χ0) is 16.2. The van der Waals surface area contributed by atoms with Gasteiger partial charge in [0.1, 0.15) is 5.75 Å². The number of hydrogen-bond donors (Lipinski definition) is 1. The van der Waals surface area contributed by atoms with E-state index in [9.17, 15) is 13.2 Å². The smallest absolute Gasteiger partial charge is 0.410 e. The lowest BCUT2D eigenvalue weighted by atomic mass is 10.1. The standard InChI is InChI=1S/C14H21N3O4S/c1-16(2)22(19,20)15-12-8-10-17(11-9-12)14(18)21-13-6-4-3-5-7-13/h3-7,12,15H,8-11H2,1-2H3. The summed E-state index contributed by atoms with van der Waals surface area (Å²) in [6, 6.07) is 8.72. The Hall–Kier alpha value is -1.64. The molecule has 1 aromatic carbocycles. The molecular weight excluding hydrogens is 306 g/mol. The van der Waals surface area contributed by atoms with E-state index in [2.05, 4.69) is 4.72 Å². The Morgan fingerprint density at radius 2 is 1.82 bits per heavy atom. The zero-order valence-corrected chi connectivity index (χ0v) is 13.5. The molecule has 8 heteroatoms. The molecule has 1 N–H and O–H groups in total. The van der Waals surface area contributed by atoms with Gasteiger partial charge in [-0.3, -0.25) is 0 Å². The highest BCUT2D eigenvalue weighted by atomic mass is 32.2. The summed E-state index contributed by atoms with van der Waals surface area (Å²) in [6.45, 7) is 0.929. The molecule has 0 spiro atoms. The number of carbonyl (C=O) groups is 1. The first-order chi connectivity index (χ1) is 10.4. The minimum Gasteiger partial charge on any atom is -0.410 e. The predicted octanol–water partition coefficient (Wildman–Crippen LogP) is 1.05. The average Bonchev–Trinajstić information content (AvgIpc) is 2.48. The summed E-state index contributed by atoms with van der Waals surface area (Å²) in [7, 11) is -0.474. The van der Waals surface area contributed by atoms with Crippen molar-refractivity contribution in [3.8, 4) is 5.75 Å². The number of ether oxygens (including phenoxy) is 1. The summed E-state index contributed by atoms with van der Waals surface area (Å²) in [5.74, 6) is 0.503. The molecule has 0 atom stereocenters. The summed E-state index contributed by atoms with van der Waals surface area (Å²) in [5.41, 5.74) is 0. The van der Waals surface area contributed by atoms with Crippen LogP contribution in [0.15, 0.2) is 30.3 Å². The van der Waals surface area contributed by atoms with Crippen molar-refractivity contribution in [2.75, 3.05) is 27.2 Å². The van der Waals surface area contributed by atoms with Crippen molar-refractivity contribution in [2.45, 2.75) is 18.9 Å². The lowest BCUT2D eigenvalue weighted by Gasteiger charge is -2.31. The van der Waals surface area contributed by atoms with Crippen LogP contribution in [0.25, 0.3) is 0 Å². The fraction of sp³-hybridized carbons (Fsp3) is 0.500. The minimum atomic E-state index is -3.44. The van der Waals surface area contributed by atoms with Gasteiger partial charge in [0, 0.05) is 33.2 Å². The number of benzene rings is 1. The molecule has 122 valence electrons. The van der Waals surface area contributed by atoms with Crippen LogP contribution < -0.4 is 9.46 Å². The number of piperidine rings is 1. The van der Waals surface area contributed by atoms with Crippen LogP contribution in [0.2, 0.25) is 0 Å². The highest BCUT2D eigenvalue weighted by Gasteiger charge is 2.27. The van der Waals surface area contributed by atoms with Crippen LogP contribution in [0.3, 0.4) is 0 Å².